The van der Waals surface area contributed by atoms with Gasteiger partial charge >= 0.3 is 5.97 Å². The molecule has 204 valence electrons. The highest BCUT2D eigenvalue weighted by Gasteiger charge is 2.74. The lowest BCUT2D eigenvalue weighted by atomic mass is 9.45. The highest BCUT2D eigenvalue weighted by Crippen LogP contribution is 2.71. The first kappa shape index (κ1) is 26.9. The molecule has 37 heavy (non-hydrogen) atoms. The number of allylic oxidation sites excluding steroid dienone is 4. The minimum absolute atomic E-state index is 0.00118. The molecule has 0 aromatic carbocycles. The number of rotatable bonds is 1. The zero-order valence-electron chi connectivity index (χ0n) is 21.4. The third kappa shape index (κ3) is 3.49. The van der Waals surface area contributed by atoms with Crippen molar-refractivity contribution in [2.45, 2.75) is 89.1 Å². The van der Waals surface area contributed by atoms with Crippen LogP contribution in [-0.2, 0) is 28.6 Å². The van der Waals surface area contributed by atoms with Crippen molar-refractivity contribution in [3.63, 3.8) is 0 Å². The van der Waals surface area contributed by atoms with Crippen molar-refractivity contribution in [2.24, 2.45) is 22.7 Å². The molecule has 0 aromatic rings. The lowest BCUT2D eigenvalue weighted by Gasteiger charge is -2.62. The van der Waals surface area contributed by atoms with E-state index in [0.29, 0.717) is 6.42 Å². The second-order valence-corrected chi connectivity index (χ2v) is 12.4. The normalized spacial score (nSPS) is 47.5. The SMILES string of the molecule is CC1(C)OC(CO)C(=O)OCC(=O)[C@]2(CC[C@H]3[C@@H]4C[C@H](F)C5=C(Cl)C(=O)C=C[C@]5(C)[C@@]4(F)CC[C@@]32C)O1. The number of aliphatic hydroxyl groups excluding tert-OH is 1. The van der Waals surface area contributed by atoms with E-state index >= 15 is 8.78 Å². The Morgan fingerprint density at radius 2 is 1.81 bits per heavy atom. The standard InChI is InChI=1S/C27H33ClF2O7/c1-23(2)36-18(12-31)22(34)35-13-19(33)27(37-23)8-5-14-15-11-16(29)20-21(28)17(32)6-7-25(20,4)26(15,30)10-9-24(14,27)3/h6-7,14-16,18,31H,5,8-13H2,1-4H3/t14-,15-,16-,18?,24-,25-,26+,27-/m0/s1. The number of aliphatic hydroxyl groups is 1. The molecule has 5 aliphatic rings. The molecule has 0 amide bonds. The summed E-state index contributed by atoms with van der Waals surface area (Å²) in [5.41, 5.74) is -5.66. The van der Waals surface area contributed by atoms with E-state index < -0.39 is 82.7 Å². The number of hydrogen-bond donors (Lipinski definition) is 1. The number of ether oxygens (including phenoxy) is 3. The van der Waals surface area contributed by atoms with Gasteiger partial charge in [0, 0.05) is 16.7 Å². The molecule has 3 saturated carbocycles. The van der Waals surface area contributed by atoms with Crippen molar-refractivity contribution >= 4 is 29.1 Å². The third-order valence-electron chi connectivity index (χ3n) is 9.92. The number of carbonyl (C=O) groups is 3. The highest BCUT2D eigenvalue weighted by molar-refractivity contribution is 6.45. The Morgan fingerprint density at radius 3 is 2.49 bits per heavy atom. The van der Waals surface area contributed by atoms with Gasteiger partial charge in [0.2, 0.25) is 5.78 Å². The number of ketones is 2. The Labute approximate surface area is 219 Å². The molecular weight excluding hydrogens is 510 g/mol. The summed E-state index contributed by atoms with van der Waals surface area (Å²) in [6.45, 7) is 5.38. The molecule has 10 heteroatoms. The van der Waals surface area contributed by atoms with Crippen molar-refractivity contribution in [1.29, 1.82) is 0 Å². The van der Waals surface area contributed by atoms with Crippen LogP contribution in [0.25, 0.3) is 0 Å². The van der Waals surface area contributed by atoms with Gasteiger partial charge in [-0.05, 0) is 70.4 Å². The first-order chi connectivity index (χ1) is 17.2. The fraction of sp³-hybridized carbons (Fsp3) is 0.741. The summed E-state index contributed by atoms with van der Waals surface area (Å²) in [5.74, 6) is -4.51. The Hall–Kier alpha value is -1.68. The fourth-order valence-electron chi connectivity index (χ4n) is 8.14. The molecular formula is C27H33ClF2O7. The van der Waals surface area contributed by atoms with Crippen LogP contribution in [0.4, 0.5) is 8.78 Å². The van der Waals surface area contributed by atoms with Gasteiger partial charge in [-0.25, -0.2) is 13.6 Å². The number of carbonyl (C=O) groups excluding carboxylic acids is 3. The molecule has 1 spiro atoms. The number of esters is 1. The zero-order chi connectivity index (χ0) is 27.2. The average molecular weight is 543 g/mol. The van der Waals surface area contributed by atoms with Gasteiger partial charge in [0.1, 0.15) is 17.4 Å². The first-order valence-electron chi connectivity index (χ1n) is 12.8. The molecule has 1 N–H and O–H groups in total. The van der Waals surface area contributed by atoms with E-state index in [1.807, 2.05) is 6.92 Å². The first-order valence-corrected chi connectivity index (χ1v) is 13.2. The molecule has 1 unspecified atom stereocenters. The maximum atomic E-state index is 17.3. The molecule has 7 nitrogen and oxygen atoms in total. The maximum Gasteiger partial charge on any atom is 0.338 e. The number of hydrogen-bond acceptors (Lipinski definition) is 7. The lowest BCUT2D eigenvalue weighted by Crippen LogP contribution is -2.66. The summed E-state index contributed by atoms with van der Waals surface area (Å²) in [6, 6.07) is 0. The Morgan fingerprint density at radius 1 is 1.11 bits per heavy atom. The Kier molecular flexibility index (Phi) is 6.11. The summed E-state index contributed by atoms with van der Waals surface area (Å²) in [7, 11) is 0. The van der Waals surface area contributed by atoms with Crippen LogP contribution in [0, 0.1) is 22.7 Å². The van der Waals surface area contributed by atoms with Gasteiger partial charge in [-0.3, -0.25) is 9.59 Å². The number of halogens is 3. The molecule has 8 atom stereocenters. The van der Waals surface area contributed by atoms with E-state index in [2.05, 4.69) is 0 Å². The Balaban J connectivity index is 1.57. The zero-order valence-corrected chi connectivity index (χ0v) is 22.2. The number of fused-ring (bicyclic) bond motifs is 6. The molecule has 0 aromatic heterocycles. The van der Waals surface area contributed by atoms with Gasteiger partial charge < -0.3 is 19.3 Å². The largest absolute Gasteiger partial charge is 0.456 e. The topological polar surface area (TPSA) is 99.1 Å². The molecule has 0 radical (unpaired) electrons. The van der Waals surface area contributed by atoms with E-state index in [1.165, 1.54) is 12.2 Å². The van der Waals surface area contributed by atoms with Crippen LogP contribution in [0.5, 0.6) is 0 Å². The predicted octanol–water partition coefficient (Wildman–Crippen LogP) is 3.90. The third-order valence-corrected chi connectivity index (χ3v) is 10.3. The fourth-order valence-corrected chi connectivity index (χ4v) is 8.52. The lowest BCUT2D eigenvalue weighted by molar-refractivity contribution is -0.303. The van der Waals surface area contributed by atoms with Crippen molar-refractivity contribution < 1.29 is 42.5 Å². The van der Waals surface area contributed by atoms with E-state index in [1.54, 1.807) is 20.8 Å². The van der Waals surface area contributed by atoms with Crippen molar-refractivity contribution in [1.82, 2.24) is 0 Å². The van der Waals surface area contributed by atoms with Crippen LogP contribution in [0.15, 0.2) is 22.8 Å². The summed E-state index contributed by atoms with van der Waals surface area (Å²) in [4.78, 5) is 38.3. The van der Waals surface area contributed by atoms with Crippen molar-refractivity contribution in [3.05, 3.63) is 22.8 Å². The summed E-state index contributed by atoms with van der Waals surface area (Å²) < 4.78 is 50.4. The van der Waals surface area contributed by atoms with E-state index in [-0.39, 0.29) is 36.3 Å². The average Bonchev–Trinajstić information content (AvgIpc) is 3.13. The van der Waals surface area contributed by atoms with E-state index in [4.69, 9.17) is 25.8 Å². The predicted molar refractivity (Wildman–Crippen MR) is 128 cm³/mol. The molecule has 4 aliphatic carbocycles. The van der Waals surface area contributed by atoms with Gasteiger partial charge in [0.05, 0.1) is 11.6 Å². The van der Waals surface area contributed by atoms with Crippen LogP contribution < -0.4 is 0 Å². The minimum Gasteiger partial charge on any atom is -0.456 e. The van der Waals surface area contributed by atoms with Gasteiger partial charge in [-0.15, -0.1) is 0 Å². The van der Waals surface area contributed by atoms with Crippen molar-refractivity contribution in [3.8, 4) is 0 Å². The van der Waals surface area contributed by atoms with Crippen LogP contribution in [-0.4, -0.2) is 65.2 Å². The van der Waals surface area contributed by atoms with E-state index in [9.17, 15) is 19.5 Å². The van der Waals surface area contributed by atoms with Crippen molar-refractivity contribution in [2.75, 3.05) is 13.2 Å². The summed E-state index contributed by atoms with van der Waals surface area (Å²) in [5, 5.41) is 9.36. The number of alkyl halides is 2. The quantitative estimate of drug-likeness (QED) is 0.502. The minimum atomic E-state index is -1.89. The van der Waals surface area contributed by atoms with Gasteiger partial charge in [-0.1, -0.05) is 24.6 Å². The van der Waals surface area contributed by atoms with Gasteiger partial charge in [0.15, 0.2) is 24.3 Å². The molecule has 0 bridgehead atoms. The second kappa shape index (κ2) is 8.41. The van der Waals surface area contributed by atoms with E-state index in [0.717, 1.165) is 0 Å². The highest BCUT2D eigenvalue weighted by atomic mass is 35.5. The monoisotopic (exact) mass is 542 g/mol. The van der Waals surface area contributed by atoms with Gasteiger partial charge in [0.25, 0.3) is 0 Å². The van der Waals surface area contributed by atoms with Crippen LogP contribution in [0.2, 0.25) is 0 Å². The molecule has 1 aliphatic heterocycles. The number of Topliss-reactive ketones (excluding diaryl/α,β-unsaturated/α-hetero) is 1. The van der Waals surface area contributed by atoms with Crippen LogP contribution >= 0.6 is 11.6 Å². The molecule has 1 heterocycles. The maximum absolute atomic E-state index is 17.3. The molecule has 5 rings (SSSR count). The Bertz CT molecular complexity index is 1120. The number of cyclic esters (lactones) is 1. The summed E-state index contributed by atoms with van der Waals surface area (Å²) in [6.07, 6.45) is 0.436. The molecule has 4 fully saturated rings. The molecule has 1 saturated heterocycles. The smallest absolute Gasteiger partial charge is 0.338 e. The van der Waals surface area contributed by atoms with Gasteiger partial charge in [-0.2, -0.15) is 0 Å². The van der Waals surface area contributed by atoms with Crippen LogP contribution in [0.3, 0.4) is 0 Å². The summed E-state index contributed by atoms with van der Waals surface area (Å²) >= 11 is 6.24. The van der Waals surface area contributed by atoms with Crippen LogP contribution in [0.1, 0.15) is 59.8 Å². The second-order valence-electron chi connectivity index (χ2n) is 12.0.